The molecule has 0 fully saturated rings. The second kappa shape index (κ2) is 4.96. The Morgan fingerprint density at radius 3 is 2.40 bits per heavy atom. The van der Waals surface area contributed by atoms with Crippen LogP contribution in [0.2, 0.25) is 0 Å². The largest absolute Gasteiger partial charge is 0.351 e. The fourth-order valence-electron chi connectivity index (χ4n) is 1.64. The Kier molecular flexibility index (Phi) is 3.89. The van der Waals surface area contributed by atoms with Gasteiger partial charge in [-0.05, 0) is 32.3 Å². The summed E-state index contributed by atoms with van der Waals surface area (Å²) in [5.41, 5.74) is 1.19. The number of aryl methyl sites for hydroxylation is 1. The Morgan fingerprint density at radius 2 is 1.87 bits per heavy atom. The number of amides is 1. The first-order valence-corrected chi connectivity index (χ1v) is 5.32. The van der Waals surface area contributed by atoms with Crippen molar-refractivity contribution in [2.24, 2.45) is 0 Å². The maximum Gasteiger partial charge on any atom is 0.217 e. The number of hydrogen-bond acceptors (Lipinski definition) is 1. The summed E-state index contributed by atoms with van der Waals surface area (Å²) in [6.07, 6.45) is 1.95. The fraction of sp³-hybridized carbons (Fsp3) is 0.462. The van der Waals surface area contributed by atoms with Gasteiger partial charge in [0.2, 0.25) is 5.91 Å². The number of benzene rings is 1. The molecule has 0 saturated heterocycles. The predicted molar refractivity (Wildman–Crippen MR) is 62.7 cm³/mol. The molecule has 0 aliphatic carbocycles. The van der Waals surface area contributed by atoms with Gasteiger partial charge in [-0.2, -0.15) is 0 Å². The van der Waals surface area contributed by atoms with Gasteiger partial charge in [-0.3, -0.25) is 4.79 Å². The van der Waals surface area contributed by atoms with Crippen LogP contribution < -0.4 is 5.32 Å². The van der Waals surface area contributed by atoms with Crippen molar-refractivity contribution >= 4 is 5.91 Å². The van der Waals surface area contributed by atoms with Crippen molar-refractivity contribution in [3.8, 4) is 0 Å². The lowest BCUT2D eigenvalue weighted by Crippen LogP contribution is -2.42. The summed E-state index contributed by atoms with van der Waals surface area (Å²) in [4.78, 5) is 11.0. The smallest absolute Gasteiger partial charge is 0.217 e. The highest BCUT2D eigenvalue weighted by molar-refractivity contribution is 5.73. The fourth-order valence-corrected chi connectivity index (χ4v) is 1.64. The molecular formula is C13H19NO. The molecule has 2 nitrogen and oxygen atoms in total. The van der Waals surface area contributed by atoms with E-state index in [1.165, 1.54) is 5.56 Å². The van der Waals surface area contributed by atoms with Gasteiger partial charge >= 0.3 is 0 Å². The quantitative estimate of drug-likeness (QED) is 0.804. The highest BCUT2D eigenvalue weighted by Crippen LogP contribution is 2.13. The van der Waals surface area contributed by atoms with Crippen LogP contribution in [0.1, 0.15) is 32.8 Å². The van der Waals surface area contributed by atoms with E-state index in [2.05, 4.69) is 31.3 Å². The zero-order valence-electron chi connectivity index (χ0n) is 9.71. The molecule has 1 amide bonds. The molecule has 15 heavy (non-hydrogen) atoms. The van der Waals surface area contributed by atoms with E-state index in [1.54, 1.807) is 6.92 Å². The average molecular weight is 205 g/mol. The molecule has 0 aliphatic heterocycles. The van der Waals surface area contributed by atoms with Crippen molar-refractivity contribution in [3.05, 3.63) is 35.9 Å². The Morgan fingerprint density at radius 1 is 1.27 bits per heavy atom. The van der Waals surface area contributed by atoms with Crippen molar-refractivity contribution in [1.29, 1.82) is 0 Å². The van der Waals surface area contributed by atoms with Crippen molar-refractivity contribution in [3.63, 3.8) is 0 Å². The first-order valence-electron chi connectivity index (χ1n) is 5.32. The highest BCUT2D eigenvalue weighted by atomic mass is 16.1. The van der Waals surface area contributed by atoms with E-state index in [0.29, 0.717) is 0 Å². The Labute approximate surface area is 91.7 Å². The molecule has 0 atom stereocenters. The van der Waals surface area contributed by atoms with E-state index in [1.807, 2.05) is 18.2 Å². The zero-order chi connectivity index (χ0) is 11.3. The molecule has 0 saturated carbocycles. The normalized spacial score (nSPS) is 11.1. The van der Waals surface area contributed by atoms with E-state index >= 15 is 0 Å². The predicted octanol–water partition coefficient (Wildman–Crippen LogP) is 2.53. The van der Waals surface area contributed by atoms with E-state index in [-0.39, 0.29) is 11.4 Å². The second-order valence-corrected chi connectivity index (χ2v) is 4.55. The molecule has 0 aromatic heterocycles. The number of rotatable bonds is 4. The number of nitrogens with one attached hydrogen (secondary N) is 1. The average Bonchev–Trinajstić information content (AvgIpc) is 2.15. The maximum atomic E-state index is 11.0. The lowest BCUT2D eigenvalue weighted by Gasteiger charge is -2.25. The minimum absolute atomic E-state index is 0.0352. The highest BCUT2D eigenvalue weighted by Gasteiger charge is 2.17. The molecule has 1 aromatic rings. The van der Waals surface area contributed by atoms with Gasteiger partial charge in [0.1, 0.15) is 0 Å². The van der Waals surface area contributed by atoms with Crippen LogP contribution in [0.15, 0.2) is 30.3 Å². The third-order valence-electron chi connectivity index (χ3n) is 2.40. The lowest BCUT2D eigenvalue weighted by atomic mass is 9.95. The van der Waals surface area contributed by atoms with Crippen LogP contribution in [-0.2, 0) is 11.2 Å². The van der Waals surface area contributed by atoms with Gasteiger partial charge in [0.05, 0.1) is 0 Å². The van der Waals surface area contributed by atoms with Gasteiger partial charge in [0, 0.05) is 12.5 Å². The second-order valence-electron chi connectivity index (χ2n) is 4.55. The summed E-state index contributed by atoms with van der Waals surface area (Å²) < 4.78 is 0. The minimum Gasteiger partial charge on any atom is -0.351 e. The van der Waals surface area contributed by atoms with Gasteiger partial charge in [-0.25, -0.2) is 0 Å². The summed E-state index contributed by atoms with van der Waals surface area (Å²) in [7, 11) is 0. The Balaban J connectivity index is 2.46. The Bertz CT molecular complexity index is 317. The SMILES string of the molecule is CC(=O)NC(C)(C)CCc1ccccc1. The molecule has 0 unspecified atom stereocenters. The third kappa shape index (κ3) is 4.63. The van der Waals surface area contributed by atoms with Gasteiger partial charge in [-0.1, -0.05) is 30.3 Å². The van der Waals surface area contributed by atoms with Crippen molar-refractivity contribution in [1.82, 2.24) is 5.32 Å². The third-order valence-corrected chi connectivity index (χ3v) is 2.40. The molecule has 1 aromatic carbocycles. The van der Waals surface area contributed by atoms with Crippen LogP contribution in [0.3, 0.4) is 0 Å². The first kappa shape index (κ1) is 11.8. The molecule has 2 heteroatoms. The van der Waals surface area contributed by atoms with Gasteiger partial charge in [-0.15, -0.1) is 0 Å². The number of carbonyl (C=O) groups excluding carboxylic acids is 1. The van der Waals surface area contributed by atoms with Crippen LogP contribution in [0.4, 0.5) is 0 Å². The molecule has 82 valence electrons. The van der Waals surface area contributed by atoms with E-state index < -0.39 is 0 Å². The summed E-state index contributed by atoms with van der Waals surface area (Å²) >= 11 is 0. The number of carbonyl (C=O) groups is 1. The van der Waals surface area contributed by atoms with Crippen molar-refractivity contribution in [2.45, 2.75) is 39.2 Å². The van der Waals surface area contributed by atoms with Crippen molar-refractivity contribution < 1.29 is 4.79 Å². The van der Waals surface area contributed by atoms with Gasteiger partial charge < -0.3 is 5.32 Å². The summed E-state index contributed by atoms with van der Waals surface area (Å²) in [6.45, 7) is 5.67. The van der Waals surface area contributed by atoms with Crippen LogP contribution in [-0.4, -0.2) is 11.4 Å². The van der Waals surface area contributed by atoms with Gasteiger partial charge in [0.15, 0.2) is 0 Å². The maximum absolute atomic E-state index is 11.0. The standard InChI is InChI=1S/C13H19NO/c1-11(15)14-13(2,3)10-9-12-7-5-4-6-8-12/h4-8H,9-10H2,1-3H3,(H,14,15). The minimum atomic E-state index is -0.123. The molecule has 0 aliphatic rings. The topological polar surface area (TPSA) is 29.1 Å². The summed E-state index contributed by atoms with van der Waals surface area (Å²) in [5.74, 6) is 0.0352. The summed E-state index contributed by atoms with van der Waals surface area (Å²) in [6, 6.07) is 10.3. The molecule has 0 spiro atoms. The van der Waals surface area contributed by atoms with Crippen molar-refractivity contribution in [2.75, 3.05) is 0 Å². The van der Waals surface area contributed by atoms with E-state index in [4.69, 9.17) is 0 Å². The molecule has 1 N–H and O–H groups in total. The van der Waals surface area contributed by atoms with Crippen LogP contribution in [0.5, 0.6) is 0 Å². The monoisotopic (exact) mass is 205 g/mol. The first-order chi connectivity index (χ1) is 6.99. The van der Waals surface area contributed by atoms with Crippen LogP contribution in [0.25, 0.3) is 0 Å². The van der Waals surface area contributed by atoms with Crippen LogP contribution >= 0.6 is 0 Å². The Hall–Kier alpha value is -1.31. The molecule has 0 radical (unpaired) electrons. The zero-order valence-corrected chi connectivity index (χ0v) is 9.71. The van der Waals surface area contributed by atoms with E-state index in [0.717, 1.165) is 12.8 Å². The van der Waals surface area contributed by atoms with E-state index in [9.17, 15) is 4.79 Å². The molecule has 1 rings (SSSR count). The number of hydrogen-bond donors (Lipinski definition) is 1. The molecule has 0 bridgehead atoms. The van der Waals surface area contributed by atoms with Gasteiger partial charge in [0.25, 0.3) is 0 Å². The molecule has 0 heterocycles. The summed E-state index contributed by atoms with van der Waals surface area (Å²) in [5, 5.41) is 2.95. The molecular weight excluding hydrogens is 186 g/mol. The van der Waals surface area contributed by atoms with Crippen LogP contribution in [0, 0.1) is 0 Å². The lowest BCUT2D eigenvalue weighted by molar-refractivity contribution is -0.120.